The molecule has 0 aromatic rings. The summed E-state index contributed by atoms with van der Waals surface area (Å²) in [5.41, 5.74) is 0. The van der Waals surface area contributed by atoms with Crippen molar-refractivity contribution in [1.29, 1.82) is 0 Å². The molecule has 86 valence electrons. The van der Waals surface area contributed by atoms with Gasteiger partial charge in [0.05, 0.1) is 3.91 Å². The van der Waals surface area contributed by atoms with E-state index in [4.69, 9.17) is 0 Å². The maximum atomic E-state index is 4.22. The average Bonchev–Trinajstić information content (AvgIpc) is 2.18. The normalized spacial score (nSPS) is 11.1. The highest BCUT2D eigenvalue weighted by Crippen LogP contribution is 2.36. The lowest BCUT2D eigenvalue weighted by molar-refractivity contribution is 1.96. The molecule has 0 aliphatic rings. The fraction of sp³-hybridized carbons (Fsp3) is 1.00. The Labute approximate surface area is 125 Å². The van der Waals surface area contributed by atoms with E-state index < -0.39 is 0 Å². The van der Waals surface area contributed by atoms with Gasteiger partial charge in [-0.25, -0.2) is 0 Å². The van der Waals surface area contributed by atoms with Crippen LogP contribution in [-0.2, 0) is 0 Å². The maximum Gasteiger partial charge on any atom is 0.0980 e. The monoisotopic (exact) mass is 342 g/mol. The van der Waals surface area contributed by atoms with Crippen molar-refractivity contribution in [3.05, 3.63) is 0 Å². The molecule has 0 N–H and O–H groups in total. The molecule has 8 heteroatoms. The summed E-state index contributed by atoms with van der Waals surface area (Å²) in [4.78, 5) is 0. The van der Waals surface area contributed by atoms with Gasteiger partial charge in [0.15, 0.2) is 0 Å². The van der Waals surface area contributed by atoms with Crippen LogP contribution in [0.3, 0.4) is 0 Å². The second-order valence-electron chi connectivity index (χ2n) is 1.82. The minimum absolute atomic E-state index is 0.582. The zero-order valence-corrected chi connectivity index (χ0v) is 14.3. The molecular formula is C6H14S8. The Bertz CT molecular complexity index is 104. The van der Waals surface area contributed by atoms with Gasteiger partial charge in [-0.1, -0.05) is 0 Å². The molecule has 0 atom stereocenters. The van der Waals surface area contributed by atoms with Gasteiger partial charge in [0.2, 0.25) is 0 Å². The number of thioether (sulfide) groups is 5. The third-order valence-electron chi connectivity index (χ3n) is 0.967. The van der Waals surface area contributed by atoms with Crippen molar-refractivity contribution in [3.63, 3.8) is 0 Å². The van der Waals surface area contributed by atoms with Crippen molar-refractivity contribution in [3.8, 4) is 0 Å². The summed E-state index contributed by atoms with van der Waals surface area (Å²) in [7, 11) is 0. The Hall–Kier alpha value is 2.80. The van der Waals surface area contributed by atoms with Crippen molar-refractivity contribution in [1.82, 2.24) is 0 Å². The summed E-state index contributed by atoms with van der Waals surface area (Å²) in [5, 5.41) is 4.97. The minimum atomic E-state index is 0.582. The lowest BCUT2D eigenvalue weighted by Crippen LogP contribution is -1.91. The Kier molecular flexibility index (Phi) is 16.6. The molecule has 0 unspecified atom stereocenters. The van der Waals surface area contributed by atoms with Crippen LogP contribution < -0.4 is 0 Å². The average molecular weight is 343 g/mol. The van der Waals surface area contributed by atoms with Crippen LogP contribution in [0, 0.1) is 0 Å². The molecule has 0 radical (unpaired) electrons. The van der Waals surface area contributed by atoms with Crippen molar-refractivity contribution in [2.45, 2.75) is 3.91 Å². The van der Waals surface area contributed by atoms with Gasteiger partial charge in [-0.2, -0.15) is 37.9 Å². The first-order chi connectivity index (χ1) is 6.85. The fourth-order valence-corrected chi connectivity index (χ4v) is 8.97. The minimum Gasteiger partial charge on any atom is -0.168 e. The summed E-state index contributed by atoms with van der Waals surface area (Å²) in [6, 6.07) is 0. The van der Waals surface area contributed by atoms with Gasteiger partial charge in [0.25, 0.3) is 0 Å². The van der Waals surface area contributed by atoms with Crippen molar-refractivity contribution in [2.75, 3.05) is 25.4 Å². The highest BCUT2D eigenvalue weighted by Gasteiger charge is 2.07. The maximum absolute atomic E-state index is 4.22. The molecular weight excluding hydrogens is 329 g/mol. The summed E-state index contributed by atoms with van der Waals surface area (Å²) >= 11 is 22.1. The van der Waals surface area contributed by atoms with Crippen LogP contribution in [0.5, 0.6) is 0 Å². The van der Waals surface area contributed by atoms with Crippen molar-refractivity contribution in [2.24, 2.45) is 0 Å². The standard InChI is InChI=1S/C6H14S8/c7-1-10-4-11-5-14-6(12-2-8)13-3-9/h6-9H,1-5H2. The van der Waals surface area contributed by atoms with Crippen LogP contribution in [0.4, 0.5) is 0 Å². The molecule has 0 amide bonds. The van der Waals surface area contributed by atoms with E-state index in [1.165, 1.54) is 0 Å². The Balaban J connectivity index is 3.30. The zero-order valence-electron chi connectivity index (χ0n) is 7.50. The molecule has 0 heterocycles. The van der Waals surface area contributed by atoms with Crippen LogP contribution in [0.25, 0.3) is 0 Å². The summed E-state index contributed by atoms with van der Waals surface area (Å²) < 4.78 is 0.582. The van der Waals surface area contributed by atoms with Crippen molar-refractivity contribution >= 4 is 96.7 Å². The number of rotatable bonds is 10. The van der Waals surface area contributed by atoms with Crippen LogP contribution in [0.2, 0.25) is 0 Å². The van der Waals surface area contributed by atoms with Gasteiger partial charge in [-0.3, -0.25) is 0 Å². The number of thiol groups is 3. The molecule has 0 nitrogen and oxygen atoms in total. The van der Waals surface area contributed by atoms with E-state index in [9.17, 15) is 0 Å². The largest absolute Gasteiger partial charge is 0.168 e. The highest BCUT2D eigenvalue weighted by molar-refractivity contribution is 8.38. The van der Waals surface area contributed by atoms with Gasteiger partial charge in [0, 0.05) is 25.4 Å². The molecule has 0 aromatic heterocycles. The van der Waals surface area contributed by atoms with E-state index in [0.29, 0.717) is 3.91 Å². The van der Waals surface area contributed by atoms with Crippen LogP contribution in [-0.4, -0.2) is 29.3 Å². The summed E-state index contributed by atoms with van der Waals surface area (Å²) in [6.45, 7) is 0. The van der Waals surface area contributed by atoms with E-state index in [1.54, 1.807) is 0 Å². The molecule has 0 bridgehead atoms. The smallest absolute Gasteiger partial charge is 0.0980 e. The summed E-state index contributed by atoms with van der Waals surface area (Å²) in [6.07, 6.45) is 0. The molecule has 0 fully saturated rings. The zero-order chi connectivity index (χ0) is 10.6. The number of hydrogen-bond donors (Lipinski definition) is 3. The highest BCUT2D eigenvalue weighted by atomic mass is 32.3. The van der Waals surface area contributed by atoms with Crippen LogP contribution >= 0.6 is 96.7 Å². The molecule has 0 saturated carbocycles. The second-order valence-corrected chi connectivity index (χ2v) is 10.9. The van der Waals surface area contributed by atoms with Gasteiger partial charge >= 0.3 is 0 Å². The van der Waals surface area contributed by atoms with E-state index in [2.05, 4.69) is 37.9 Å². The Morgan fingerprint density at radius 3 is 1.86 bits per heavy atom. The molecule has 0 aliphatic heterocycles. The first kappa shape index (κ1) is 16.8. The predicted octanol–water partition coefficient (Wildman–Crippen LogP) is 4.51. The van der Waals surface area contributed by atoms with Crippen LogP contribution in [0.15, 0.2) is 0 Å². The summed E-state index contributed by atoms with van der Waals surface area (Å²) in [5.74, 6) is 0. The molecule has 0 aliphatic carbocycles. The lowest BCUT2D eigenvalue weighted by Gasteiger charge is -2.12. The number of hydrogen-bond acceptors (Lipinski definition) is 8. The quantitative estimate of drug-likeness (QED) is 0.302. The van der Waals surface area contributed by atoms with E-state index in [1.807, 2.05) is 58.8 Å². The fourth-order valence-electron chi connectivity index (χ4n) is 0.500. The van der Waals surface area contributed by atoms with Gasteiger partial charge in [0.1, 0.15) is 0 Å². The molecule has 0 saturated heterocycles. The van der Waals surface area contributed by atoms with Gasteiger partial charge < -0.3 is 0 Å². The first-order valence-electron chi connectivity index (χ1n) is 3.68. The topological polar surface area (TPSA) is 0 Å². The molecule has 0 aromatic carbocycles. The van der Waals surface area contributed by atoms with E-state index in [-0.39, 0.29) is 0 Å². The Morgan fingerprint density at radius 1 is 0.714 bits per heavy atom. The third-order valence-corrected chi connectivity index (χ3v) is 8.70. The van der Waals surface area contributed by atoms with Gasteiger partial charge in [-0.05, 0) is 0 Å². The molecule has 0 spiro atoms. The van der Waals surface area contributed by atoms with Gasteiger partial charge in [-0.15, -0.1) is 58.8 Å². The predicted molar refractivity (Wildman–Crippen MR) is 93.0 cm³/mol. The van der Waals surface area contributed by atoms with E-state index >= 15 is 0 Å². The SMILES string of the molecule is SCSCSCSC(SCS)SCS. The first-order valence-corrected chi connectivity index (χ1v) is 11.0. The van der Waals surface area contributed by atoms with E-state index in [0.717, 1.165) is 25.4 Å². The lowest BCUT2D eigenvalue weighted by atomic mass is 11.8. The second kappa shape index (κ2) is 13.9. The van der Waals surface area contributed by atoms with Crippen molar-refractivity contribution < 1.29 is 0 Å². The Morgan fingerprint density at radius 2 is 1.36 bits per heavy atom. The molecule has 0 rings (SSSR count). The molecule has 14 heavy (non-hydrogen) atoms. The van der Waals surface area contributed by atoms with Crippen LogP contribution in [0.1, 0.15) is 0 Å². The third kappa shape index (κ3) is 11.3.